The molecule has 0 saturated carbocycles. The Morgan fingerprint density at radius 1 is 0.359 bits per heavy atom. The summed E-state index contributed by atoms with van der Waals surface area (Å²) in [6, 6.07) is 39.5. The minimum Gasteiger partial charge on any atom is -0.297 e. The zero-order valence-electron chi connectivity index (χ0n) is 40.2. The molecule has 3 nitrogen and oxygen atoms in total. The van der Waals surface area contributed by atoms with Crippen molar-refractivity contribution in [1.29, 1.82) is 0 Å². The molecule has 2 heterocycles. The first kappa shape index (κ1) is 43.7. The Bertz CT molecular complexity index is 2870. The van der Waals surface area contributed by atoms with Crippen LogP contribution in [0.3, 0.4) is 0 Å². The lowest BCUT2D eigenvalue weighted by atomic mass is 9.87. The summed E-state index contributed by atoms with van der Waals surface area (Å²) in [5.41, 5.74) is 33.0. The highest BCUT2D eigenvalue weighted by molar-refractivity contribution is 7.98. The molecule has 9 rings (SSSR count). The molecular weight excluding hydrogens is 813 g/mol. The number of anilines is 2. The molecule has 2 aliphatic rings. The number of amidine groups is 1. The van der Waals surface area contributed by atoms with Crippen LogP contribution in [0.15, 0.2) is 120 Å². The summed E-state index contributed by atoms with van der Waals surface area (Å²) in [6.45, 7) is 31.6. The topological polar surface area (TPSA) is 18.8 Å². The average Bonchev–Trinajstić information content (AvgIpc) is 3.74. The summed E-state index contributed by atoms with van der Waals surface area (Å²) < 4.78 is 5.56. The third-order valence-corrected chi connectivity index (χ3v) is 18.3. The van der Waals surface area contributed by atoms with E-state index in [1.807, 2.05) is 0 Å². The van der Waals surface area contributed by atoms with Gasteiger partial charge >= 0.3 is 0 Å². The molecule has 2 aliphatic heterocycles. The van der Waals surface area contributed by atoms with E-state index >= 15 is 0 Å². The number of aliphatic imine (C=N–C) groups is 1. The summed E-state index contributed by atoms with van der Waals surface area (Å²) in [4.78, 5) is 5.95. The van der Waals surface area contributed by atoms with Crippen molar-refractivity contribution in [3.8, 4) is 44.5 Å². The van der Waals surface area contributed by atoms with Gasteiger partial charge in [0.25, 0.3) is 0 Å². The van der Waals surface area contributed by atoms with Crippen molar-refractivity contribution in [2.75, 3.05) is 9.11 Å². The van der Waals surface area contributed by atoms with Crippen LogP contribution < -0.4 is 9.11 Å². The Hall–Kier alpha value is -5.59. The van der Waals surface area contributed by atoms with Crippen molar-refractivity contribution < 1.29 is 0 Å². The normalized spacial score (nSPS) is 16.2. The van der Waals surface area contributed by atoms with Gasteiger partial charge < -0.3 is 0 Å². The van der Waals surface area contributed by atoms with Crippen molar-refractivity contribution in [3.63, 3.8) is 0 Å². The fraction of sp³-hybridized carbons (Fsp3) is 0.237. The first-order chi connectivity index (χ1) is 30.5. The van der Waals surface area contributed by atoms with E-state index in [0.717, 1.165) is 11.3 Å². The first-order valence-electron chi connectivity index (χ1n) is 22.6. The molecule has 0 aliphatic carbocycles. The fourth-order valence-electron chi connectivity index (χ4n) is 11.2. The lowest BCUT2D eigenvalue weighted by Crippen LogP contribution is -2.21. The molecule has 1 saturated heterocycles. The third kappa shape index (κ3) is 7.36. The maximum absolute atomic E-state index is 5.95. The lowest BCUT2D eigenvalue weighted by molar-refractivity contribution is 1.30. The first-order valence-corrected chi connectivity index (χ1v) is 25.3. The van der Waals surface area contributed by atoms with Gasteiger partial charge in [0.15, 0.2) is 5.58 Å². The number of para-hydroxylation sites is 3. The molecule has 7 aromatic rings. The molecule has 0 N–H and O–H groups in total. The minimum absolute atomic E-state index is 1.07. The summed E-state index contributed by atoms with van der Waals surface area (Å²) in [5, 5.41) is 0. The summed E-state index contributed by atoms with van der Waals surface area (Å²) >= 11 is 0. The zero-order valence-corrected chi connectivity index (χ0v) is 42.0. The Morgan fingerprint density at radius 3 is 1.02 bits per heavy atom. The number of nitrogens with zero attached hydrogens (tertiary/aromatic N) is 3. The van der Waals surface area contributed by atoms with Crippen LogP contribution in [0.1, 0.15) is 77.9 Å². The van der Waals surface area contributed by atoms with Crippen LogP contribution in [0.5, 0.6) is 0 Å². The van der Waals surface area contributed by atoms with Gasteiger partial charge in [0.1, 0.15) is 8.22 Å². The highest BCUT2D eigenvalue weighted by atomic mass is 31.2. The van der Waals surface area contributed by atoms with Crippen LogP contribution in [0.25, 0.3) is 44.5 Å². The van der Waals surface area contributed by atoms with Crippen molar-refractivity contribution in [2.45, 2.75) is 96.9 Å². The van der Waals surface area contributed by atoms with Gasteiger partial charge in [-0.05, 0) is 186 Å². The molecule has 2 bridgehead atoms. The molecule has 7 aromatic carbocycles. The summed E-state index contributed by atoms with van der Waals surface area (Å²) in [6.07, 6.45) is 0. The quantitative estimate of drug-likeness (QED) is 0.149. The van der Waals surface area contributed by atoms with E-state index in [0.29, 0.717) is 0 Å². The second-order valence-corrected chi connectivity index (χ2v) is 22.6. The van der Waals surface area contributed by atoms with Crippen molar-refractivity contribution >= 4 is 38.9 Å². The molecule has 1 fully saturated rings. The molecular formula is C59H61N3P2. The van der Waals surface area contributed by atoms with E-state index in [4.69, 9.17) is 4.99 Å². The lowest BCUT2D eigenvalue weighted by Gasteiger charge is -2.34. The van der Waals surface area contributed by atoms with Crippen LogP contribution >= 0.6 is 16.3 Å². The van der Waals surface area contributed by atoms with E-state index < -0.39 is 16.3 Å². The number of rotatable bonds is 7. The number of hydrogen-bond donors (Lipinski definition) is 0. The van der Waals surface area contributed by atoms with Crippen molar-refractivity contribution in [2.24, 2.45) is 4.99 Å². The van der Waals surface area contributed by atoms with Gasteiger partial charge in [0.2, 0.25) is 0 Å². The predicted octanol–water partition coefficient (Wildman–Crippen LogP) is 17.9. The second kappa shape index (κ2) is 16.8. The van der Waals surface area contributed by atoms with E-state index in [9.17, 15) is 0 Å². The molecule has 1 unspecified atom stereocenters. The van der Waals surface area contributed by atoms with Gasteiger partial charge in [-0.2, -0.15) is 0 Å². The number of fused-ring (bicyclic) bond motifs is 2. The van der Waals surface area contributed by atoms with Crippen LogP contribution in [-0.4, -0.2) is 5.58 Å². The van der Waals surface area contributed by atoms with E-state index in [1.165, 1.54) is 134 Å². The van der Waals surface area contributed by atoms with E-state index in [-0.39, 0.29) is 0 Å². The average molecular weight is 874 g/mol. The highest BCUT2D eigenvalue weighted by Gasteiger charge is 2.51. The number of aryl methyl sites for hydroxylation is 14. The molecule has 0 aromatic heterocycles. The fourth-order valence-corrected chi connectivity index (χ4v) is 17.2. The minimum atomic E-state index is -1.15. The summed E-state index contributed by atoms with van der Waals surface area (Å²) in [5.74, 6) is 5.06. The Labute approximate surface area is 385 Å². The maximum atomic E-state index is 5.95. The smallest absolute Gasteiger partial charge is 0.163 e. The van der Waals surface area contributed by atoms with Crippen molar-refractivity contribution in [1.82, 2.24) is 0 Å². The standard InChI is InChI=1S/C59H61N3P2/c1-34-26-40(7)52(41(8)27-34)48-20-16-21-49(53-42(9)28-35(2)29-43(53)10)57(48)61-59(60-56-38(5)18-15-19-39(56)6)63-24-25-64(61)62(63)58-50(54-44(11)30-36(3)31-45(54)12)22-17-23-51(58)55-46(13)32-37(4)33-47(55)14/h15-33H,1-14H3/t63?,64-/m0/s1. The zero-order chi connectivity index (χ0) is 45.5. The van der Waals surface area contributed by atoms with Gasteiger partial charge in [-0.3, -0.25) is 9.11 Å². The predicted molar refractivity (Wildman–Crippen MR) is 282 cm³/mol. The van der Waals surface area contributed by atoms with Gasteiger partial charge in [0.05, 0.1) is 25.1 Å². The molecule has 322 valence electrons. The van der Waals surface area contributed by atoms with Crippen LogP contribution in [0.2, 0.25) is 0 Å². The highest BCUT2D eigenvalue weighted by Crippen LogP contribution is 2.79. The second-order valence-electron chi connectivity index (χ2n) is 18.7. The molecule has 0 radical (unpaired) electrons. The van der Waals surface area contributed by atoms with Gasteiger partial charge in [-0.15, -0.1) is 0 Å². The number of benzene rings is 7. The van der Waals surface area contributed by atoms with Crippen LogP contribution in [-0.2, 0) is 0 Å². The Morgan fingerprint density at radius 2 is 0.672 bits per heavy atom. The Balaban J connectivity index is 1.43. The summed E-state index contributed by atoms with van der Waals surface area (Å²) in [7, 11) is -2.24. The van der Waals surface area contributed by atoms with Gasteiger partial charge in [-0.1, -0.05) is 125 Å². The van der Waals surface area contributed by atoms with Gasteiger partial charge in [-0.25, -0.2) is 4.99 Å². The van der Waals surface area contributed by atoms with Crippen LogP contribution in [0.4, 0.5) is 17.1 Å². The van der Waals surface area contributed by atoms with Gasteiger partial charge in [0, 0.05) is 22.3 Å². The van der Waals surface area contributed by atoms with E-state index in [2.05, 4.69) is 221 Å². The molecule has 0 amide bonds. The molecule has 64 heavy (non-hydrogen) atoms. The monoisotopic (exact) mass is 873 g/mol. The van der Waals surface area contributed by atoms with E-state index in [1.54, 1.807) is 0 Å². The van der Waals surface area contributed by atoms with Crippen LogP contribution in [0, 0.1) is 96.9 Å². The Kier molecular flexibility index (Phi) is 11.4. The maximum Gasteiger partial charge on any atom is 0.163 e. The number of hydrogen-bond acceptors (Lipinski definition) is 2. The third-order valence-electron chi connectivity index (χ3n) is 13.3. The van der Waals surface area contributed by atoms with Crippen molar-refractivity contribution in [3.05, 3.63) is 193 Å². The molecule has 5 heteroatoms. The molecule has 2 atom stereocenters. The largest absolute Gasteiger partial charge is 0.297 e. The SMILES string of the molecule is Cc1cc(C)c(-c2cccc(-c3c(C)cc(C)cc3C)c2N2C(=Nc3c(C)cccc3C)P3C=C[P@]2N3c2c(-c3c(C)cc(C)cc3C)cccc2-c2c(C)cc(C)cc2C)c(C)c1. The molecule has 0 spiro atoms.